The van der Waals surface area contributed by atoms with Crippen LogP contribution in [0.5, 0.6) is 11.5 Å². The van der Waals surface area contributed by atoms with Crippen molar-refractivity contribution in [2.45, 2.75) is 0 Å². The van der Waals surface area contributed by atoms with E-state index < -0.39 is 0 Å². The number of nitrogens with zero attached hydrogens (tertiary/aromatic N) is 2. The standard InChI is InChI=1S/C14H9Cl2N3O/c15-11-4-2-1-3-10(11)14-12(8-18-19-14)20-9-5-6-13(16)17-7-9/h1-8H,(H,18,19). The van der Waals surface area contributed by atoms with E-state index in [1.54, 1.807) is 24.5 Å². The normalized spacial score (nSPS) is 10.5. The van der Waals surface area contributed by atoms with Crippen molar-refractivity contribution in [3.63, 3.8) is 0 Å². The van der Waals surface area contributed by atoms with E-state index >= 15 is 0 Å². The highest BCUT2D eigenvalue weighted by atomic mass is 35.5. The second-order valence-electron chi connectivity index (χ2n) is 4.01. The van der Waals surface area contributed by atoms with Gasteiger partial charge >= 0.3 is 0 Å². The zero-order chi connectivity index (χ0) is 13.9. The molecule has 100 valence electrons. The maximum atomic E-state index is 6.18. The third kappa shape index (κ3) is 2.61. The third-order valence-corrected chi connectivity index (χ3v) is 3.23. The van der Waals surface area contributed by atoms with Gasteiger partial charge in [0.15, 0.2) is 5.75 Å². The van der Waals surface area contributed by atoms with Crippen LogP contribution in [0, 0.1) is 0 Å². The summed E-state index contributed by atoms with van der Waals surface area (Å²) in [6.07, 6.45) is 3.14. The highest BCUT2D eigenvalue weighted by Crippen LogP contribution is 2.34. The van der Waals surface area contributed by atoms with E-state index in [-0.39, 0.29) is 0 Å². The third-order valence-electron chi connectivity index (χ3n) is 2.68. The molecule has 0 unspecified atom stereocenters. The van der Waals surface area contributed by atoms with Crippen LogP contribution in [0.4, 0.5) is 0 Å². The Kier molecular flexibility index (Phi) is 3.58. The molecule has 0 saturated heterocycles. The van der Waals surface area contributed by atoms with E-state index in [0.29, 0.717) is 27.4 Å². The molecular weight excluding hydrogens is 297 g/mol. The van der Waals surface area contributed by atoms with E-state index in [0.717, 1.165) is 5.56 Å². The molecule has 3 aromatic rings. The second-order valence-corrected chi connectivity index (χ2v) is 4.80. The van der Waals surface area contributed by atoms with Gasteiger partial charge in [-0.1, -0.05) is 41.4 Å². The Balaban J connectivity index is 1.95. The SMILES string of the molecule is Clc1ccc(Oc2cn[nH]c2-c2ccccc2Cl)cn1. The molecule has 2 heterocycles. The van der Waals surface area contributed by atoms with E-state index in [2.05, 4.69) is 15.2 Å². The summed E-state index contributed by atoms with van der Waals surface area (Å²) in [5.74, 6) is 1.14. The lowest BCUT2D eigenvalue weighted by molar-refractivity contribution is 0.482. The highest BCUT2D eigenvalue weighted by Gasteiger charge is 2.12. The number of rotatable bonds is 3. The van der Waals surface area contributed by atoms with E-state index in [9.17, 15) is 0 Å². The molecule has 0 aliphatic heterocycles. The number of nitrogens with one attached hydrogen (secondary N) is 1. The molecule has 1 aromatic carbocycles. The van der Waals surface area contributed by atoms with Crippen LogP contribution in [-0.4, -0.2) is 15.2 Å². The number of aromatic amines is 1. The van der Waals surface area contributed by atoms with Gasteiger partial charge in [0.25, 0.3) is 0 Å². The first-order valence-corrected chi connectivity index (χ1v) is 6.57. The molecule has 0 aliphatic rings. The molecule has 1 N–H and O–H groups in total. The Bertz CT molecular complexity index is 725. The Morgan fingerprint density at radius 1 is 1.00 bits per heavy atom. The van der Waals surface area contributed by atoms with Gasteiger partial charge in [0.05, 0.1) is 17.4 Å². The molecule has 20 heavy (non-hydrogen) atoms. The summed E-state index contributed by atoms with van der Waals surface area (Å²) in [4.78, 5) is 3.96. The topological polar surface area (TPSA) is 50.8 Å². The molecule has 0 radical (unpaired) electrons. The average molecular weight is 306 g/mol. The van der Waals surface area contributed by atoms with Crippen LogP contribution in [0.25, 0.3) is 11.3 Å². The first-order valence-electron chi connectivity index (χ1n) is 5.82. The van der Waals surface area contributed by atoms with Crippen LogP contribution in [0.3, 0.4) is 0 Å². The summed E-state index contributed by atoms with van der Waals surface area (Å²) in [6.45, 7) is 0. The average Bonchev–Trinajstić information content (AvgIpc) is 2.90. The maximum absolute atomic E-state index is 6.18. The maximum Gasteiger partial charge on any atom is 0.173 e. The summed E-state index contributed by atoms with van der Waals surface area (Å²) in [6, 6.07) is 10.9. The predicted molar refractivity (Wildman–Crippen MR) is 78.4 cm³/mol. The van der Waals surface area contributed by atoms with Gasteiger partial charge < -0.3 is 4.74 Å². The molecule has 0 bridgehead atoms. The number of benzene rings is 1. The minimum atomic E-state index is 0.413. The van der Waals surface area contributed by atoms with Crippen molar-refractivity contribution >= 4 is 23.2 Å². The first kappa shape index (κ1) is 13.0. The minimum absolute atomic E-state index is 0.413. The Labute approximate surface area is 125 Å². The van der Waals surface area contributed by atoms with Crippen molar-refractivity contribution in [2.75, 3.05) is 0 Å². The van der Waals surface area contributed by atoms with Gasteiger partial charge in [0.2, 0.25) is 0 Å². The van der Waals surface area contributed by atoms with Gasteiger partial charge in [-0.25, -0.2) is 4.98 Å². The summed E-state index contributed by atoms with van der Waals surface area (Å²) >= 11 is 11.9. The van der Waals surface area contributed by atoms with Crippen molar-refractivity contribution in [1.29, 1.82) is 0 Å². The fraction of sp³-hybridized carbons (Fsp3) is 0. The van der Waals surface area contributed by atoms with E-state index in [1.807, 2.05) is 24.3 Å². The summed E-state index contributed by atoms with van der Waals surface area (Å²) in [7, 11) is 0. The summed E-state index contributed by atoms with van der Waals surface area (Å²) < 4.78 is 5.74. The number of pyridine rings is 1. The molecule has 0 spiro atoms. The number of H-pyrrole nitrogens is 1. The van der Waals surface area contributed by atoms with Crippen molar-refractivity contribution in [1.82, 2.24) is 15.2 Å². The Morgan fingerprint density at radius 2 is 1.85 bits per heavy atom. The quantitative estimate of drug-likeness (QED) is 0.721. The number of aromatic nitrogens is 3. The fourth-order valence-corrected chi connectivity index (χ4v) is 2.10. The van der Waals surface area contributed by atoms with Crippen LogP contribution in [0.2, 0.25) is 10.2 Å². The van der Waals surface area contributed by atoms with Crippen molar-refractivity contribution < 1.29 is 4.74 Å². The van der Waals surface area contributed by atoms with E-state index in [1.165, 1.54) is 0 Å². The minimum Gasteiger partial charge on any atom is -0.452 e. The van der Waals surface area contributed by atoms with Gasteiger partial charge in [-0.3, -0.25) is 5.10 Å². The van der Waals surface area contributed by atoms with Gasteiger partial charge in [0, 0.05) is 5.56 Å². The molecule has 3 rings (SSSR count). The fourth-order valence-electron chi connectivity index (χ4n) is 1.76. The molecule has 0 fully saturated rings. The first-order chi connectivity index (χ1) is 9.74. The second kappa shape index (κ2) is 5.53. The Hall–Kier alpha value is -2.04. The van der Waals surface area contributed by atoms with Crippen molar-refractivity contribution in [2.24, 2.45) is 0 Å². The molecule has 6 heteroatoms. The number of hydrogen-bond donors (Lipinski definition) is 1. The summed E-state index contributed by atoms with van der Waals surface area (Å²) in [5.41, 5.74) is 1.54. The van der Waals surface area contributed by atoms with Gasteiger partial charge in [0.1, 0.15) is 16.6 Å². The van der Waals surface area contributed by atoms with Crippen molar-refractivity contribution in [3.8, 4) is 22.8 Å². The molecule has 0 amide bonds. The van der Waals surface area contributed by atoms with Crippen molar-refractivity contribution in [3.05, 3.63) is 59.0 Å². The van der Waals surface area contributed by atoms with Crippen LogP contribution < -0.4 is 4.74 Å². The molecule has 4 nitrogen and oxygen atoms in total. The monoisotopic (exact) mass is 305 g/mol. The molecule has 0 atom stereocenters. The number of hydrogen-bond acceptors (Lipinski definition) is 3. The predicted octanol–water partition coefficient (Wildman–Crippen LogP) is 4.57. The smallest absolute Gasteiger partial charge is 0.173 e. The van der Waals surface area contributed by atoms with E-state index in [4.69, 9.17) is 27.9 Å². The van der Waals surface area contributed by atoms with Gasteiger partial charge in [-0.05, 0) is 18.2 Å². The molecule has 2 aromatic heterocycles. The number of halogens is 2. The van der Waals surface area contributed by atoms with Crippen LogP contribution >= 0.6 is 23.2 Å². The summed E-state index contributed by atoms with van der Waals surface area (Å²) in [5, 5.41) is 7.92. The molecule has 0 saturated carbocycles. The highest BCUT2D eigenvalue weighted by molar-refractivity contribution is 6.33. The van der Waals surface area contributed by atoms with Crippen LogP contribution in [0.1, 0.15) is 0 Å². The lowest BCUT2D eigenvalue weighted by atomic mass is 10.1. The van der Waals surface area contributed by atoms with Gasteiger partial charge in [-0.2, -0.15) is 5.10 Å². The zero-order valence-corrected chi connectivity index (χ0v) is 11.7. The van der Waals surface area contributed by atoms with Gasteiger partial charge in [-0.15, -0.1) is 0 Å². The Morgan fingerprint density at radius 3 is 2.60 bits per heavy atom. The molecular formula is C14H9Cl2N3O. The molecule has 0 aliphatic carbocycles. The lowest BCUT2D eigenvalue weighted by Crippen LogP contribution is -1.87. The lowest BCUT2D eigenvalue weighted by Gasteiger charge is -2.07. The van der Waals surface area contributed by atoms with Crippen LogP contribution in [-0.2, 0) is 0 Å². The zero-order valence-electron chi connectivity index (χ0n) is 10.2. The number of ether oxygens (including phenoxy) is 1. The van der Waals surface area contributed by atoms with Crippen LogP contribution in [0.15, 0.2) is 48.8 Å². The largest absolute Gasteiger partial charge is 0.452 e.